The number of alkyl halides is 1. The summed E-state index contributed by atoms with van der Waals surface area (Å²) in [5, 5.41) is 3.06. The molecule has 1 aliphatic rings. The maximum atomic E-state index is 6.01. The molecular formula is C9H9ClN2. The van der Waals surface area contributed by atoms with Gasteiger partial charge in [0.25, 0.3) is 0 Å². The van der Waals surface area contributed by atoms with Crippen LogP contribution < -0.4 is 5.32 Å². The van der Waals surface area contributed by atoms with Gasteiger partial charge in [0, 0.05) is 11.3 Å². The quantitative estimate of drug-likeness (QED) is 0.482. The summed E-state index contributed by atoms with van der Waals surface area (Å²) < 4.78 is 0. The van der Waals surface area contributed by atoms with Crippen molar-refractivity contribution in [2.75, 3.05) is 5.32 Å². The minimum atomic E-state index is -0.234. The van der Waals surface area contributed by atoms with Crippen LogP contribution in [0.2, 0.25) is 0 Å². The fraction of sp³-hybridized carbons (Fsp3) is 0.222. The molecule has 2 nitrogen and oxygen atoms in total. The average Bonchev–Trinajstić information content (AvgIpc) is 2.04. The van der Waals surface area contributed by atoms with Crippen molar-refractivity contribution in [3.05, 3.63) is 29.3 Å². The topological polar surface area (TPSA) is 24.4 Å². The number of hydrogen-bond donors (Lipinski definition) is 1. The van der Waals surface area contributed by atoms with Crippen LogP contribution in [0.4, 0.5) is 5.69 Å². The van der Waals surface area contributed by atoms with E-state index < -0.39 is 0 Å². The lowest BCUT2D eigenvalue weighted by molar-refractivity contribution is 0.994. The highest BCUT2D eigenvalue weighted by atomic mass is 35.5. The van der Waals surface area contributed by atoms with Gasteiger partial charge in [0.2, 0.25) is 0 Å². The monoisotopic (exact) mass is 180 g/mol. The first-order chi connectivity index (χ1) is 5.79. The molecule has 0 saturated carbocycles. The first-order valence-electron chi connectivity index (χ1n) is 3.81. The van der Waals surface area contributed by atoms with Gasteiger partial charge in [-0.3, -0.25) is 4.99 Å². The van der Waals surface area contributed by atoms with Crippen molar-refractivity contribution in [3.63, 3.8) is 0 Å². The highest BCUT2D eigenvalue weighted by Gasteiger charge is 2.15. The summed E-state index contributed by atoms with van der Waals surface area (Å²) in [6, 6.07) is 6.05. The molecule has 1 aliphatic heterocycles. The highest BCUT2D eigenvalue weighted by Crippen LogP contribution is 2.33. The number of fused-ring (bicyclic) bond motifs is 1. The van der Waals surface area contributed by atoms with Crippen LogP contribution in [-0.4, -0.2) is 6.34 Å². The maximum absolute atomic E-state index is 6.01. The summed E-state index contributed by atoms with van der Waals surface area (Å²) in [6.07, 6.45) is 1.64. The zero-order valence-electron chi connectivity index (χ0n) is 6.71. The molecule has 62 valence electrons. The summed E-state index contributed by atoms with van der Waals surface area (Å²) in [4.78, 5) is 4.06. The van der Waals surface area contributed by atoms with Crippen molar-refractivity contribution >= 4 is 23.6 Å². The van der Waals surface area contributed by atoms with E-state index in [4.69, 9.17) is 11.6 Å². The van der Waals surface area contributed by atoms with E-state index in [-0.39, 0.29) is 5.50 Å². The molecule has 0 fully saturated rings. The average molecular weight is 181 g/mol. The summed E-state index contributed by atoms with van der Waals surface area (Å²) >= 11 is 6.01. The van der Waals surface area contributed by atoms with E-state index in [0.29, 0.717) is 0 Å². The van der Waals surface area contributed by atoms with Gasteiger partial charge in [-0.15, -0.1) is 0 Å². The van der Waals surface area contributed by atoms with Crippen LogP contribution in [0, 0.1) is 6.92 Å². The molecule has 0 saturated heterocycles. The number of nitrogens with zero attached hydrogens (tertiary/aromatic N) is 1. The molecule has 1 N–H and O–H groups in total. The van der Waals surface area contributed by atoms with E-state index in [0.717, 1.165) is 11.3 Å². The van der Waals surface area contributed by atoms with E-state index in [9.17, 15) is 0 Å². The van der Waals surface area contributed by atoms with Gasteiger partial charge >= 0.3 is 0 Å². The molecule has 0 aromatic heterocycles. The largest absolute Gasteiger partial charge is 0.346 e. The number of aryl methyl sites for hydroxylation is 1. The van der Waals surface area contributed by atoms with Gasteiger partial charge < -0.3 is 5.32 Å². The van der Waals surface area contributed by atoms with Crippen LogP contribution in [0.1, 0.15) is 16.6 Å². The first-order valence-corrected chi connectivity index (χ1v) is 4.24. The molecule has 2 rings (SSSR count). The number of anilines is 1. The second-order valence-corrected chi connectivity index (χ2v) is 3.21. The minimum absolute atomic E-state index is 0.234. The van der Waals surface area contributed by atoms with Crippen molar-refractivity contribution < 1.29 is 0 Å². The minimum Gasteiger partial charge on any atom is -0.346 e. The van der Waals surface area contributed by atoms with E-state index in [2.05, 4.69) is 10.3 Å². The SMILES string of the molecule is Cc1cccc2c1C(Cl)N=CN2. The van der Waals surface area contributed by atoms with Gasteiger partial charge in [-0.05, 0) is 18.6 Å². The molecule has 1 aromatic rings. The molecule has 1 atom stereocenters. The second-order valence-electron chi connectivity index (χ2n) is 2.79. The number of aliphatic imine (C=N–C) groups is 1. The Hall–Kier alpha value is -1.02. The Labute approximate surface area is 76.3 Å². The summed E-state index contributed by atoms with van der Waals surface area (Å²) in [6.45, 7) is 2.04. The molecule has 12 heavy (non-hydrogen) atoms. The van der Waals surface area contributed by atoms with Crippen LogP contribution in [0.3, 0.4) is 0 Å². The Kier molecular flexibility index (Phi) is 1.77. The Morgan fingerprint density at radius 3 is 3.08 bits per heavy atom. The van der Waals surface area contributed by atoms with Gasteiger partial charge in [-0.1, -0.05) is 23.7 Å². The molecule has 1 unspecified atom stereocenters. The number of nitrogens with one attached hydrogen (secondary N) is 1. The van der Waals surface area contributed by atoms with E-state index >= 15 is 0 Å². The Morgan fingerprint density at radius 2 is 2.33 bits per heavy atom. The molecule has 1 aromatic carbocycles. The van der Waals surface area contributed by atoms with Crippen LogP contribution in [0.15, 0.2) is 23.2 Å². The third-order valence-corrected chi connectivity index (χ3v) is 2.32. The molecule has 3 heteroatoms. The lowest BCUT2D eigenvalue weighted by Crippen LogP contribution is -2.08. The number of benzene rings is 1. The van der Waals surface area contributed by atoms with Gasteiger partial charge in [-0.25, -0.2) is 0 Å². The zero-order chi connectivity index (χ0) is 8.55. The van der Waals surface area contributed by atoms with Gasteiger partial charge in [0.1, 0.15) is 0 Å². The predicted octanol–water partition coefficient (Wildman–Crippen LogP) is 2.69. The van der Waals surface area contributed by atoms with Crippen LogP contribution >= 0.6 is 11.6 Å². The second kappa shape index (κ2) is 2.79. The summed E-state index contributed by atoms with van der Waals surface area (Å²) in [7, 11) is 0. The molecule has 0 aliphatic carbocycles. The van der Waals surface area contributed by atoms with Crippen molar-refractivity contribution in [1.29, 1.82) is 0 Å². The number of rotatable bonds is 0. The van der Waals surface area contributed by atoms with Crippen molar-refractivity contribution in [3.8, 4) is 0 Å². The molecule has 0 spiro atoms. The normalized spacial score (nSPS) is 20.0. The smallest absolute Gasteiger partial charge is 0.152 e. The Balaban J connectivity index is 2.58. The Bertz CT molecular complexity index is 333. The number of hydrogen-bond acceptors (Lipinski definition) is 2. The third-order valence-electron chi connectivity index (χ3n) is 1.99. The van der Waals surface area contributed by atoms with Crippen molar-refractivity contribution in [1.82, 2.24) is 0 Å². The standard InChI is InChI=1S/C9H9ClN2/c1-6-3-2-4-7-8(6)9(10)12-5-11-7/h2-5,9H,1H3,(H,11,12). The van der Waals surface area contributed by atoms with Gasteiger partial charge in [0.05, 0.1) is 6.34 Å². The molecular weight excluding hydrogens is 172 g/mol. The summed E-state index contributed by atoms with van der Waals surface area (Å²) in [5.74, 6) is 0. The molecule has 0 bridgehead atoms. The lowest BCUT2D eigenvalue weighted by Gasteiger charge is -2.18. The van der Waals surface area contributed by atoms with Crippen molar-refractivity contribution in [2.45, 2.75) is 12.4 Å². The van der Waals surface area contributed by atoms with Gasteiger partial charge in [-0.2, -0.15) is 0 Å². The van der Waals surface area contributed by atoms with E-state index in [1.807, 2.05) is 25.1 Å². The van der Waals surface area contributed by atoms with Gasteiger partial charge in [0.15, 0.2) is 5.50 Å². The summed E-state index contributed by atoms with van der Waals surface area (Å²) in [5.41, 5.74) is 3.09. The van der Waals surface area contributed by atoms with E-state index in [1.165, 1.54) is 5.56 Å². The predicted molar refractivity (Wildman–Crippen MR) is 51.9 cm³/mol. The van der Waals surface area contributed by atoms with Crippen LogP contribution in [-0.2, 0) is 0 Å². The molecule has 0 radical (unpaired) electrons. The van der Waals surface area contributed by atoms with Crippen LogP contribution in [0.5, 0.6) is 0 Å². The Morgan fingerprint density at radius 1 is 1.50 bits per heavy atom. The number of halogens is 1. The molecule has 0 amide bonds. The fourth-order valence-corrected chi connectivity index (χ4v) is 1.72. The first kappa shape index (κ1) is 7.62. The fourth-order valence-electron chi connectivity index (χ4n) is 1.37. The van der Waals surface area contributed by atoms with E-state index in [1.54, 1.807) is 6.34 Å². The third kappa shape index (κ3) is 1.08. The highest BCUT2D eigenvalue weighted by molar-refractivity contribution is 6.22. The zero-order valence-corrected chi connectivity index (χ0v) is 7.47. The lowest BCUT2D eigenvalue weighted by atomic mass is 10.1. The van der Waals surface area contributed by atoms with Crippen molar-refractivity contribution in [2.24, 2.45) is 4.99 Å². The van der Waals surface area contributed by atoms with Crippen LogP contribution in [0.25, 0.3) is 0 Å². The molecule has 1 heterocycles. The maximum Gasteiger partial charge on any atom is 0.152 e.